The van der Waals surface area contributed by atoms with Gasteiger partial charge in [-0.05, 0) is 25.5 Å². The third kappa shape index (κ3) is 4.60. The van der Waals surface area contributed by atoms with Gasteiger partial charge in [0.25, 0.3) is 5.91 Å². The molecule has 10 heteroatoms. The van der Waals surface area contributed by atoms with Crippen LogP contribution in [-0.2, 0) is 29.1 Å². The van der Waals surface area contributed by atoms with Crippen LogP contribution in [0.3, 0.4) is 0 Å². The average molecular weight is 372 g/mol. The van der Waals surface area contributed by atoms with Crippen molar-refractivity contribution in [3.8, 4) is 0 Å². The number of carbonyl (C=O) groups is 3. The van der Waals surface area contributed by atoms with E-state index in [4.69, 9.17) is 4.74 Å². The van der Waals surface area contributed by atoms with E-state index in [1.165, 1.54) is 19.1 Å². The average Bonchev–Trinajstić information content (AvgIpc) is 2.98. The second-order valence-corrected chi connectivity index (χ2v) is 7.11. The van der Waals surface area contributed by atoms with E-state index in [9.17, 15) is 27.2 Å². The minimum Gasteiger partial charge on any atom is -0.454 e. The van der Waals surface area contributed by atoms with Crippen molar-refractivity contribution in [1.29, 1.82) is 0 Å². The molecule has 1 fully saturated rings. The van der Waals surface area contributed by atoms with Gasteiger partial charge in [-0.1, -0.05) is 12.1 Å². The lowest BCUT2D eigenvalue weighted by Crippen LogP contribution is -2.42. The number of nitrogens with one attached hydrogen (secondary N) is 1. The molecular weight excluding hydrogens is 355 g/mol. The van der Waals surface area contributed by atoms with Crippen LogP contribution in [0.1, 0.15) is 19.8 Å². The Morgan fingerprint density at radius 3 is 2.64 bits per heavy atom. The van der Waals surface area contributed by atoms with Crippen molar-refractivity contribution in [1.82, 2.24) is 9.62 Å². The zero-order valence-electron chi connectivity index (χ0n) is 13.4. The van der Waals surface area contributed by atoms with Crippen LogP contribution in [0.4, 0.5) is 4.39 Å². The third-order valence-corrected chi connectivity index (χ3v) is 5.10. The molecule has 136 valence electrons. The zero-order chi connectivity index (χ0) is 18.6. The predicted molar refractivity (Wildman–Crippen MR) is 83.1 cm³/mol. The minimum absolute atomic E-state index is 0.262. The molecule has 1 aromatic carbocycles. The van der Waals surface area contributed by atoms with Gasteiger partial charge in [-0.3, -0.25) is 19.3 Å². The van der Waals surface area contributed by atoms with Crippen molar-refractivity contribution >= 4 is 27.8 Å². The highest BCUT2D eigenvalue weighted by atomic mass is 32.2. The molecule has 0 aliphatic carbocycles. The van der Waals surface area contributed by atoms with Crippen LogP contribution in [0.15, 0.2) is 29.2 Å². The van der Waals surface area contributed by atoms with Gasteiger partial charge in [0.05, 0.1) is 0 Å². The number of hydrogen-bond donors (Lipinski definition) is 1. The second kappa shape index (κ2) is 7.70. The van der Waals surface area contributed by atoms with E-state index >= 15 is 0 Å². The minimum atomic E-state index is -4.27. The standard InChI is InChI=1S/C15H17FN2O6S/c1-10(17-25(22,23)12-6-3-2-5-11(12)16)15(21)24-9-14(20)18-8-4-7-13(18)19/h2-3,5-6,10,17H,4,7-9H2,1H3/t10-/m0/s1. The fraction of sp³-hybridized carbons (Fsp3) is 0.400. The smallest absolute Gasteiger partial charge is 0.324 e. The van der Waals surface area contributed by atoms with E-state index in [-0.39, 0.29) is 18.9 Å². The maximum absolute atomic E-state index is 13.6. The number of likely N-dealkylation sites (tertiary alicyclic amines) is 1. The molecule has 1 aliphatic rings. The number of ether oxygens (including phenoxy) is 1. The van der Waals surface area contributed by atoms with Crippen LogP contribution < -0.4 is 4.72 Å². The summed E-state index contributed by atoms with van der Waals surface area (Å²) < 4.78 is 44.5. The Bertz CT molecular complexity index is 795. The molecule has 1 aliphatic heterocycles. The summed E-state index contributed by atoms with van der Waals surface area (Å²) in [5, 5.41) is 0. The monoisotopic (exact) mass is 372 g/mol. The molecule has 1 saturated heterocycles. The maximum Gasteiger partial charge on any atom is 0.324 e. The molecule has 0 radical (unpaired) electrons. The fourth-order valence-electron chi connectivity index (χ4n) is 2.25. The quantitative estimate of drug-likeness (QED) is 0.714. The first-order chi connectivity index (χ1) is 11.7. The van der Waals surface area contributed by atoms with Gasteiger partial charge >= 0.3 is 5.97 Å². The number of amides is 2. The highest BCUT2D eigenvalue weighted by Crippen LogP contribution is 2.14. The molecule has 1 aromatic rings. The van der Waals surface area contributed by atoms with Gasteiger partial charge in [-0.25, -0.2) is 12.8 Å². The topological polar surface area (TPSA) is 110 Å². The number of hydrogen-bond acceptors (Lipinski definition) is 6. The molecule has 2 amide bonds. The van der Waals surface area contributed by atoms with Gasteiger partial charge < -0.3 is 4.74 Å². The first-order valence-electron chi connectivity index (χ1n) is 7.49. The third-order valence-electron chi connectivity index (χ3n) is 3.52. The van der Waals surface area contributed by atoms with Crippen molar-refractivity contribution in [3.05, 3.63) is 30.1 Å². The van der Waals surface area contributed by atoms with E-state index in [0.29, 0.717) is 6.42 Å². The van der Waals surface area contributed by atoms with Crippen LogP contribution >= 0.6 is 0 Å². The van der Waals surface area contributed by atoms with Gasteiger partial charge in [-0.15, -0.1) is 0 Å². The van der Waals surface area contributed by atoms with Crippen LogP contribution in [0.25, 0.3) is 0 Å². The maximum atomic E-state index is 13.6. The molecule has 25 heavy (non-hydrogen) atoms. The first-order valence-corrected chi connectivity index (χ1v) is 8.97. The molecule has 0 unspecified atom stereocenters. The van der Waals surface area contributed by atoms with E-state index in [2.05, 4.69) is 0 Å². The van der Waals surface area contributed by atoms with Gasteiger partial charge in [0, 0.05) is 13.0 Å². The number of halogens is 1. The summed E-state index contributed by atoms with van der Waals surface area (Å²) in [5.74, 6) is -2.98. The largest absolute Gasteiger partial charge is 0.454 e. The summed E-state index contributed by atoms with van der Waals surface area (Å²) in [6, 6.07) is 3.36. The van der Waals surface area contributed by atoms with Gasteiger partial charge in [0.2, 0.25) is 15.9 Å². The number of carbonyl (C=O) groups excluding carboxylic acids is 3. The number of benzene rings is 1. The number of rotatable bonds is 6. The first kappa shape index (κ1) is 19.0. The fourth-order valence-corrected chi connectivity index (χ4v) is 3.53. The van der Waals surface area contributed by atoms with E-state index < -0.39 is 45.3 Å². The highest BCUT2D eigenvalue weighted by molar-refractivity contribution is 7.89. The summed E-state index contributed by atoms with van der Waals surface area (Å²) in [6.45, 7) is 0.799. The van der Waals surface area contributed by atoms with E-state index in [1.807, 2.05) is 4.72 Å². The Balaban J connectivity index is 1.93. The molecule has 1 N–H and O–H groups in total. The number of sulfonamides is 1. The Hall–Kier alpha value is -2.33. The molecule has 0 spiro atoms. The van der Waals surface area contributed by atoms with Crippen molar-refractivity contribution in [2.75, 3.05) is 13.2 Å². The second-order valence-electron chi connectivity index (χ2n) is 5.42. The molecule has 8 nitrogen and oxygen atoms in total. The van der Waals surface area contributed by atoms with Crippen LogP contribution in [0.2, 0.25) is 0 Å². The number of esters is 1. The Morgan fingerprint density at radius 2 is 2.04 bits per heavy atom. The normalized spacial score (nSPS) is 15.9. The molecule has 1 heterocycles. The number of nitrogens with zero attached hydrogens (tertiary/aromatic N) is 1. The molecule has 0 bridgehead atoms. The van der Waals surface area contributed by atoms with E-state index in [1.54, 1.807) is 0 Å². The molecule has 1 atom stereocenters. The van der Waals surface area contributed by atoms with Crippen molar-refractivity contribution in [3.63, 3.8) is 0 Å². The Labute approximate surface area is 144 Å². The SMILES string of the molecule is C[C@H](NS(=O)(=O)c1ccccc1F)C(=O)OCC(=O)N1CCCC1=O. The van der Waals surface area contributed by atoms with Crippen LogP contribution in [-0.4, -0.2) is 50.3 Å². The Morgan fingerprint density at radius 1 is 1.36 bits per heavy atom. The molecular formula is C15H17FN2O6S. The van der Waals surface area contributed by atoms with Gasteiger partial charge in [-0.2, -0.15) is 4.72 Å². The molecule has 2 rings (SSSR count). The predicted octanol–water partition coefficient (Wildman–Crippen LogP) is 0.185. The van der Waals surface area contributed by atoms with Crippen molar-refractivity contribution < 1.29 is 31.9 Å². The Kier molecular flexibility index (Phi) is 5.85. The molecule has 0 aromatic heterocycles. The summed E-state index contributed by atoms with van der Waals surface area (Å²) >= 11 is 0. The highest BCUT2D eigenvalue weighted by Gasteiger charge is 2.29. The summed E-state index contributed by atoms with van der Waals surface area (Å²) in [4.78, 5) is 35.4. The lowest BCUT2D eigenvalue weighted by Gasteiger charge is -2.16. The lowest BCUT2D eigenvalue weighted by molar-refractivity contribution is -0.155. The van der Waals surface area contributed by atoms with Crippen molar-refractivity contribution in [2.45, 2.75) is 30.7 Å². The summed E-state index contributed by atoms with van der Waals surface area (Å²) in [5.41, 5.74) is 0. The zero-order valence-corrected chi connectivity index (χ0v) is 14.2. The number of imide groups is 1. The van der Waals surface area contributed by atoms with Crippen LogP contribution in [0, 0.1) is 5.82 Å². The van der Waals surface area contributed by atoms with Crippen LogP contribution in [0.5, 0.6) is 0 Å². The molecule has 0 saturated carbocycles. The van der Waals surface area contributed by atoms with Gasteiger partial charge in [0.15, 0.2) is 6.61 Å². The lowest BCUT2D eigenvalue weighted by atomic mass is 10.3. The summed E-state index contributed by atoms with van der Waals surface area (Å²) in [6.07, 6.45) is 0.815. The van der Waals surface area contributed by atoms with Gasteiger partial charge in [0.1, 0.15) is 16.8 Å². The van der Waals surface area contributed by atoms with Crippen molar-refractivity contribution in [2.24, 2.45) is 0 Å². The summed E-state index contributed by atoms with van der Waals surface area (Å²) in [7, 11) is -4.27. The van der Waals surface area contributed by atoms with E-state index in [0.717, 1.165) is 17.0 Å².